The molecule has 1 aromatic rings. The van der Waals surface area contributed by atoms with E-state index < -0.39 is 5.78 Å². The summed E-state index contributed by atoms with van der Waals surface area (Å²) in [4.78, 5) is 21.3. The smallest absolute Gasteiger partial charge is 0.225 e. The number of hydrogen-bond donors (Lipinski definition) is 0. The SMILES string of the molecule is COc1cc(OC)cc(C(=O)C=O)c1.O. The minimum Gasteiger partial charge on any atom is -0.497 e. The van der Waals surface area contributed by atoms with E-state index in [1.807, 2.05) is 0 Å². The van der Waals surface area contributed by atoms with Gasteiger partial charge in [-0.25, -0.2) is 0 Å². The van der Waals surface area contributed by atoms with Crippen molar-refractivity contribution in [2.45, 2.75) is 0 Å². The lowest BCUT2D eigenvalue weighted by Gasteiger charge is -2.05. The van der Waals surface area contributed by atoms with Gasteiger partial charge in [-0.15, -0.1) is 0 Å². The van der Waals surface area contributed by atoms with E-state index >= 15 is 0 Å². The van der Waals surface area contributed by atoms with E-state index in [1.165, 1.54) is 26.4 Å². The fourth-order valence-corrected chi connectivity index (χ4v) is 1.02. The summed E-state index contributed by atoms with van der Waals surface area (Å²) in [6.45, 7) is 0. The van der Waals surface area contributed by atoms with Crippen LogP contribution in [0.15, 0.2) is 18.2 Å². The van der Waals surface area contributed by atoms with Crippen LogP contribution in [0.1, 0.15) is 10.4 Å². The third-order valence-electron chi connectivity index (χ3n) is 1.74. The first kappa shape index (κ1) is 13.1. The first-order chi connectivity index (χ1) is 6.71. The lowest BCUT2D eigenvalue weighted by Crippen LogP contribution is -2.01. The molecule has 0 aromatic heterocycles. The quantitative estimate of drug-likeness (QED) is 0.407. The zero-order chi connectivity index (χ0) is 10.6. The molecule has 0 radical (unpaired) electrons. The van der Waals surface area contributed by atoms with Crippen LogP contribution in [0.3, 0.4) is 0 Å². The lowest BCUT2D eigenvalue weighted by atomic mass is 10.1. The number of carbonyl (C=O) groups excluding carboxylic acids is 2. The van der Waals surface area contributed by atoms with Crippen LogP contribution < -0.4 is 9.47 Å². The molecule has 0 saturated heterocycles. The molecule has 15 heavy (non-hydrogen) atoms. The van der Waals surface area contributed by atoms with Crippen LogP contribution in [0.5, 0.6) is 11.5 Å². The molecular weight excluding hydrogens is 200 g/mol. The highest BCUT2D eigenvalue weighted by molar-refractivity contribution is 6.33. The van der Waals surface area contributed by atoms with Crippen LogP contribution in [0.25, 0.3) is 0 Å². The van der Waals surface area contributed by atoms with Gasteiger partial charge in [0.2, 0.25) is 5.78 Å². The maximum Gasteiger partial charge on any atom is 0.225 e. The Kier molecular flexibility index (Phi) is 5.04. The molecule has 0 fully saturated rings. The standard InChI is InChI=1S/C10H10O4.H2O/c1-13-8-3-7(10(12)6-11)4-9(5-8)14-2;/h3-6H,1-2H3;1H2. The fourth-order valence-electron chi connectivity index (χ4n) is 1.02. The largest absolute Gasteiger partial charge is 0.497 e. The van der Waals surface area contributed by atoms with Gasteiger partial charge >= 0.3 is 0 Å². The number of ether oxygens (including phenoxy) is 2. The van der Waals surface area contributed by atoms with Gasteiger partial charge in [-0.1, -0.05) is 0 Å². The monoisotopic (exact) mass is 212 g/mol. The van der Waals surface area contributed by atoms with E-state index in [9.17, 15) is 9.59 Å². The van der Waals surface area contributed by atoms with Crippen molar-refractivity contribution in [2.24, 2.45) is 0 Å². The molecule has 0 unspecified atom stereocenters. The van der Waals surface area contributed by atoms with E-state index in [0.29, 0.717) is 11.5 Å². The molecule has 0 amide bonds. The Morgan fingerprint density at radius 3 is 1.93 bits per heavy atom. The van der Waals surface area contributed by atoms with Gasteiger partial charge < -0.3 is 14.9 Å². The molecular formula is C10H12O5. The predicted octanol–water partition coefficient (Wildman–Crippen LogP) is 0.261. The Morgan fingerprint density at radius 1 is 1.13 bits per heavy atom. The Morgan fingerprint density at radius 2 is 1.60 bits per heavy atom. The summed E-state index contributed by atoms with van der Waals surface area (Å²) in [5.41, 5.74) is 0.260. The highest BCUT2D eigenvalue weighted by Gasteiger charge is 2.08. The average molecular weight is 212 g/mol. The van der Waals surface area contributed by atoms with Gasteiger partial charge in [0.25, 0.3) is 0 Å². The van der Waals surface area contributed by atoms with Gasteiger partial charge in [-0.2, -0.15) is 0 Å². The van der Waals surface area contributed by atoms with E-state index in [4.69, 9.17) is 9.47 Å². The molecule has 0 saturated carbocycles. The summed E-state index contributed by atoms with van der Waals surface area (Å²) in [5, 5.41) is 0. The molecule has 5 nitrogen and oxygen atoms in total. The van der Waals surface area contributed by atoms with Crippen molar-refractivity contribution in [1.29, 1.82) is 0 Å². The molecule has 1 aromatic carbocycles. The van der Waals surface area contributed by atoms with E-state index in [1.54, 1.807) is 6.07 Å². The summed E-state index contributed by atoms with van der Waals surface area (Å²) >= 11 is 0. The van der Waals surface area contributed by atoms with Crippen LogP contribution in [-0.2, 0) is 4.79 Å². The fraction of sp³-hybridized carbons (Fsp3) is 0.200. The zero-order valence-electron chi connectivity index (χ0n) is 8.44. The second-order valence-electron chi connectivity index (χ2n) is 2.58. The third-order valence-corrected chi connectivity index (χ3v) is 1.74. The molecule has 0 aliphatic carbocycles. The Bertz CT molecular complexity index is 337. The van der Waals surface area contributed by atoms with Crippen LogP contribution >= 0.6 is 0 Å². The van der Waals surface area contributed by atoms with Crippen LogP contribution in [-0.4, -0.2) is 31.8 Å². The predicted molar refractivity (Wildman–Crippen MR) is 53.6 cm³/mol. The summed E-state index contributed by atoms with van der Waals surface area (Å²) in [6, 6.07) is 4.60. The van der Waals surface area contributed by atoms with Crippen LogP contribution in [0.4, 0.5) is 0 Å². The van der Waals surface area contributed by atoms with Crippen LogP contribution in [0.2, 0.25) is 0 Å². The molecule has 0 spiro atoms. The molecule has 0 aliphatic rings. The summed E-state index contributed by atoms with van der Waals surface area (Å²) in [6.07, 6.45) is 0.258. The van der Waals surface area contributed by atoms with Crippen molar-refractivity contribution >= 4 is 12.1 Å². The molecule has 2 N–H and O–H groups in total. The van der Waals surface area contributed by atoms with E-state index in [2.05, 4.69) is 0 Å². The number of methoxy groups -OCH3 is 2. The van der Waals surface area contributed by atoms with Crippen molar-refractivity contribution in [3.05, 3.63) is 23.8 Å². The molecule has 0 aliphatic heterocycles. The summed E-state index contributed by atoms with van der Waals surface area (Å²) in [7, 11) is 2.95. The maximum absolute atomic E-state index is 11.1. The average Bonchev–Trinajstić information content (AvgIpc) is 2.27. The third kappa shape index (κ3) is 3.07. The summed E-state index contributed by atoms with van der Waals surface area (Å²) in [5.74, 6) is 0.367. The lowest BCUT2D eigenvalue weighted by molar-refractivity contribution is -0.104. The molecule has 82 valence electrons. The highest BCUT2D eigenvalue weighted by atomic mass is 16.5. The second-order valence-corrected chi connectivity index (χ2v) is 2.58. The second kappa shape index (κ2) is 5.77. The minimum absolute atomic E-state index is 0. The molecule has 0 heterocycles. The number of benzene rings is 1. The Balaban J connectivity index is 0.00000196. The number of aldehydes is 1. The minimum atomic E-state index is -0.595. The van der Waals surface area contributed by atoms with E-state index in [0.717, 1.165) is 0 Å². The van der Waals surface area contributed by atoms with Crippen molar-refractivity contribution < 1.29 is 24.5 Å². The van der Waals surface area contributed by atoms with Crippen molar-refractivity contribution in [3.63, 3.8) is 0 Å². The first-order valence-corrected chi connectivity index (χ1v) is 3.94. The van der Waals surface area contributed by atoms with Crippen LogP contribution in [0, 0.1) is 0 Å². The van der Waals surface area contributed by atoms with Gasteiger partial charge in [0.05, 0.1) is 14.2 Å². The number of carbonyl (C=O) groups is 2. The summed E-state index contributed by atoms with van der Waals surface area (Å²) < 4.78 is 9.89. The Hall–Kier alpha value is -1.88. The van der Waals surface area contributed by atoms with Gasteiger partial charge in [0.15, 0.2) is 6.29 Å². The Labute approximate surface area is 86.9 Å². The van der Waals surface area contributed by atoms with Gasteiger partial charge in [0, 0.05) is 11.6 Å². The number of Topliss-reactive ketones (excluding diaryl/α,β-unsaturated/α-hetero) is 1. The number of hydrogen-bond acceptors (Lipinski definition) is 4. The van der Waals surface area contributed by atoms with Gasteiger partial charge in [0.1, 0.15) is 11.5 Å². The molecule has 0 atom stereocenters. The molecule has 0 bridgehead atoms. The van der Waals surface area contributed by atoms with Gasteiger partial charge in [-0.05, 0) is 12.1 Å². The molecule has 1 rings (SSSR count). The maximum atomic E-state index is 11.1. The van der Waals surface area contributed by atoms with Gasteiger partial charge in [-0.3, -0.25) is 9.59 Å². The number of rotatable bonds is 4. The highest BCUT2D eigenvalue weighted by Crippen LogP contribution is 2.22. The first-order valence-electron chi connectivity index (χ1n) is 3.94. The zero-order valence-corrected chi connectivity index (χ0v) is 8.44. The van der Waals surface area contributed by atoms with Crippen molar-refractivity contribution in [3.8, 4) is 11.5 Å². The van der Waals surface area contributed by atoms with Crippen molar-refractivity contribution in [2.75, 3.05) is 14.2 Å². The van der Waals surface area contributed by atoms with Crippen molar-refractivity contribution in [1.82, 2.24) is 0 Å². The number of ketones is 1. The topological polar surface area (TPSA) is 84.1 Å². The van der Waals surface area contributed by atoms with E-state index in [-0.39, 0.29) is 17.3 Å². The normalized spacial score (nSPS) is 8.67. The molecule has 5 heteroatoms.